The molecule has 0 unspecified atom stereocenters. The Morgan fingerprint density at radius 2 is 2.21 bits per heavy atom. The number of hydrogen-bond donors (Lipinski definition) is 1. The Morgan fingerprint density at radius 1 is 1.42 bits per heavy atom. The van der Waals surface area contributed by atoms with Gasteiger partial charge < -0.3 is 10.3 Å². The summed E-state index contributed by atoms with van der Waals surface area (Å²) >= 11 is 1.45. The molecule has 0 aliphatic rings. The highest BCUT2D eigenvalue weighted by molar-refractivity contribution is 7.98. The third-order valence-corrected chi connectivity index (χ3v) is 3.50. The highest BCUT2D eigenvalue weighted by Gasteiger charge is 2.09. The number of rotatable bonds is 5. The molecule has 0 saturated heterocycles. The predicted molar refractivity (Wildman–Crippen MR) is 73.2 cm³/mol. The average molecular weight is 281 g/mol. The molecule has 0 fully saturated rings. The molecule has 0 atom stereocenters. The number of aromatic nitrogens is 2. The van der Waals surface area contributed by atoms with E-state index in [2.05, 4.69) is 24.0 Å². The van der Waals surface area contributed by atoms with Crippen LogP contribution >= 0.6 is 11.8 Å². The van der Waals surface area contributed by atoms with E-state index >= 15 is 0 Å². The normalized spacial score (nSPS) is 11.2. The van der Waals surface area contributed by atoms with Gasteiger partial charge in [0.15, 0.2) is 5.82 Å². The molecule has 4 nitrogen and oxygen atoms in total. The largest absolute Gasteiger partial charge is 0.398 e. The minimum absolute atomic E-state index is 0.334. The second-order valence-electron chi connectivity index (χ2n) is 4.67. The Kier molecular flexibility index (Phi) is 4.42. The fourth-order valence-electron chi connectivity index (χ4n) is 1.59. The highest BCUT2D eigenvalue weighted by Crippen LogP contribution is 2.28. The Bertz CT molecular complexity index is 557. The molecule has 0 aliphatic heterocycles. The van der Waals surface area contributed by atoms with Crippen LogP contribution in [0, 0.1) is 11.7 Å². The van der Waals surface area contributed by atoms with Crippen molar-refractivity contribution in [2.45, 2.75) is 30.9 Å². The molecule has 2 N–H and O–H groups in total. The van der Waals surface area contributed by atoms with Crippen LogP contribution in [0.1, 0.15) is 25.6 Å². The van der Waals surface area contributed by atoms with Crippen molar-refractivity contribution < 1.29 is 8.91 Å². The quantitative estimate of drug-likeness (QED) is 0.673. The molecule has 2 aromatic rings. The van der Waals surface area contributed by atoms with E-state index in [0.29, 0.717) is 23.2 Å². The predicted octanol–water partition coefficient (Wildman–Crippen LogP) is 3.28. The molecule has 0 radical (unpaired) electrons. The summed E-state index contributed by atoms with van der Waals surface area (Å²) in [6, 6.07) is 4.35. The first kappa shape index (κ1) is 13.9. The van der Waals surface area contributed by atoms with Crippen LogP contribution in [-0.2, 0) is 12.2 Å². The van der Waals surface area contributed by atoms with Crippen molar-refractivity contribution in [1.82, 2.24) is 10.1 Å². The Balaban J connectivity index is 1.96. The van der Waals surface area contributed by atoms with E-state index in [1.165, 1.54) is 23.9 Å². The lowest BCUT2D eigenvalue weighted by Crippen LogP contribution is -1.96. The van der Waals surface area contributed by atoms with Gasteiger partial charge in [0.05, 0.1) is 5.75 Å². The molecule has 2 rings (SSSR count). The molecule has 0 aliphatic carbocycles. The van der Waals surface area contributed by atoms with Gasteiger partial charge in [0.25, 0.3) is 0 Å². The van der Waals surface area contributed by atoms with Crippen LogP contribution in [0.2, 0.25) is 0 Å². The summed E-state index contributed by atoms with van der Waals surface area (Å²) in [4.78, 5) is 5.11. The van der Waals surface area contributed by atoms with E-state index in [4.69, 9.17) is 10.3 Å². The molecule has 0 amide bonds. The van der Waals surface area contributed by atoms with Gasteiger partial charge in [-0.3, -0.25) is 0 Å². The van der Waals surface area contributed by atoms with Crippen LogP contribution in [0.3, 0.4) is 0 Å². The lowest BCUT2D eigenvalue weighted by Gasteiger charge is -2.02. The number of halogens is 1. The zero-order valence-electron chi connectivity index (χ0n) is 10.9. The molecule has 1 aromatic heterocycles. The monoisotopic (exact) mass is 281 g/mol. The van der Waals surface area contributed by atoms with Crippen LogP contribution in [-0.4, -0.2) is 10.1 Å². The summed E-state index contributed by atoms with van der Waals surface area (Å²) in [6.07, 6.45) is 0.798. The molecule has 0 bridgehead atoms. The van der Waals surface area contributed by atoms with Gasteiger partial charge in [-0.05, 0) is 24.1 Å². The molecule has 1 aromatic carbocycles. The van der Waals surface area contributed by atoms with Gasteiger partial charge >= 0.3 is 0 Å². The number of anilines is 1. The van der Waals surface area contributed by atoms with E-state index < -0.39 is 0 Å². The second kappa shape index (κ2) is 6.06. The SMILES string of the molecule is CC(C)Cc1noc(CSc2ccc(F)cc2N)n1. The fraction of sp³-hybridized carbons (Fsp3) is 0.385. The van der Waals surface area contributed by atoms with Crippen molar-refractivity contribution in [1.29, 1.82) is 0 Å². The van der Waals surface area contributed by atoms with Crippen LogP contribution in [0.5, 0.6) is 0 Å². The third kappa shape index (κ3) is 3.96. The summed E-state index contributed by atoms with van der Waals surface area (Å²) < 4.78 is 18.1. The van der Waals surface area contributed by atoms with E-state index in [9.17, 15) is 4.39 Å². The summed E-state index contributed by atoms with van der Waals surface area (Å²) in [5, 5.41) is 3.91. The first-order valence-electron chi connectivity index (χ1n) is 6.04. The Hall–Kier alpha value is -1.56. The van der Waals surface area contributed by atoms with E-state index in [1.807, 2.05) is 0 Å². The molecular weight excluding hydrogens is 265 g/mol. The van der Waals surface area contributed by atoms with Gasteiger partial charge in [0, 0.05) is 17.0 Å². The molecule has 19 heavy (non-hydrogen) atoms. The number of benzene rings is 1. The Labute approximate surface area is 115 Å². The molecular formula is C13H16FN3OS. The van der Waals surface area contributed by atoms with Crippen LogP contribution in [0.15, 0.2) is 27.6 Å². The average Bonchev–Trinajstić information content (AvgIpc) is 2.74. The Morgan fingerprint density at radius 3 is 2.89 bits per heavy atom. The maximum atomic E-state index is 12.9. The molecule has 0 saturated carbocycles. The fourth-order valence-corrected chi connectivity index (χ4v) is 2.37. The van der Waals surface area contributed by atoms with Crippen molar-refractivity contribution in [2.24, 2.45) is 5.92 Å². The minimum Gasteiger partial charge on any atom is -0.398 e. The summed E-state index contributed by atoms with van der Waals surface area (Å²) in [5.41, 5.74) is 6.15. The van der Waals surface area contributed by atoms with Crippen molar-refractivity contribution in [3.8, 4) is 0 Å². The van der Waals surface area contributed by atoms with E-state index in [-0.39, 0.29) is 5.82 Å². The number of thioether (sulfide) groups is 1. The van der Waals surface area contributed by atoms with E-state index in [1.54, 1.807) is 6.07 Å². The van der Waals surface area contributed by atoms with Gasteiger partial charge in [0.2, 0.25) is 5.89 Å². The number of nitrogen functional groups attached to an aromatic ring is 1. The summed E-state index contributed by atoms with van der Waals surface area (Å²) in [5.74, 6) is 1.97. The van der Waals surface area contributed by atoms with Crippen molar-refractivity contribution in [3.63, 3.8) is 0 Å². The zero-order chi connectivity index (χ0) is 13.8. The van der Waals surface area contributed by atoms with Gasteiger partial charge in [-0.2, -0.15) is 4.98 Å². The molecule has 102 valence electrons. The van der Waals surface area contributed by atoms with Gasteiger partial charge in [-0.1, -0.05) is 19.0 Å². The summed E-state index contributed by atoms with van der Waals surface area (Å²) in [7, 11) is 0. The number of nitrogens with two attached hydrogens (primary N) is 1. The number of nitrogens with zero attached hydrogens (tertiary/aromatic N) is 2. The first-order valence-corrected chi connectivity index (χ1v) is 7.02. The second-order valence-corrected chi connectivity index (χ2v) is 5.69. The van der Waals surface area contributed by atoms with Gasteiger partial charge in [-0.25, -0.2) is 4.39 Å². The van der Waals surface area contributed by atoms with Crippen molar-refractivity contribution in [2.75, 3.05) is 5.73 Å². The van der Waals surface area contributed by atoms with Crippen LogP contribution in [0.25, 0.3) is 0 Å². The minimum atomic E-state index is -0.334. The summed E-state index contributed by atoms with van der Waals surface area (Å²) in [6.45, 7) is 4.20. The first-order chi connectivity index (χ1) is 9.04. The molecule has 1 heterocycles. The smallest absolute Gasteiger partial charge is 0.237 e. The van der Waals surface area contributed by atoms with Crippen LogP contribution in [0.4, 0.5) is 10.1 Å². The van der Waals surface area contributed by atoms with E-state index in [0.717, 1.165) is 17.1 Å². The van der Waals surface area contributed by atoms with Gasteiger partial charge in [-0.15, -0.1) is 11.8 Å². The number of hydrogen-bond acceptors (Lipinski definition) is 5. The highest BCUT2D eigenvalue weighted by atomic mass is 32.2. The molecule has 0 spiro atoms. The van der Waals surface area contributed by atoms with Crippen LogP contribution < -0.4 is 5.73 Å². The lowest BCUT2D eigenvalue weighted by atomic mass is 10.1. The standard InChI is InChI=1S/C13H16FN3OS/c1-8(2)5-12-16-13(18-17-12)7-19-11-4-3-9(14)6-10(11)15/h3-4,6,8H,5,7,15H2,1-2H3. The zero-order valence-corrected chi connectivity index (χ0v) is 11.7. The lowest BCUT2D eigenvalue weighted by molar-refractivity contribution is 0.382. The maximum absolute atomic E-state index is 12.9. The van der Waals surface area contributed by atoms with Crippen molar-refractivity contribution >= 4 is 17.4 Å². The third-order valence-electron chi connectivity index (χ3n) is 2.42. The van der Waals surface area contributed by atoms with Gasteiger partial charge in [0.1, 0.15) is 5.82 Å². The maximum Gasteiger partial charge on any atom is 0.237 e. The topological polar surface area (TPSA) is 64.9 Å². The molecule has 6 heteroatoms. The van der Waals surface area contributed by atoms with Crippen molar-refractivity contribution in [3.05, 3.63) is 35.7 Å².